The number of ether oxygens (including phenoxy) is 2. The summed E-state index contributed by atoms with van der Waals surface area (Å²) in [5.74, 6) is -0.405. The molecule has 38 heavy (non-hydrogen) atoms. The average molecular weight is 553 g/mol. The summed E-state index contributed by atoms with van der Waals surface area (Å²) in [5.41, 5.74) is 3.82. The van der Waals surface area contributed by atoms with E-state index in [1.807, 2.05) is 52.0 Å². The van der Waals surface area contributed by atoms with Crippen LogP contribution in [0.4, 0.5) is 5.95 Å². The topological polar surface area (TPSA) is 97.7 Å². The average Bonchev–Trinajstić information content (AvgIpc) is 3.31. The summed E-state index contributed by atoms with van der Waals surface area (Å²) >= 11 is 7.67. The molecule has 5 rings (SSSR count). The van der Waals surface area contributed by atoms with E-state index >= 15 is 0 Å². The zero-order chi connectivity index (χ0) is 27.0. The molecule has 3 heterocycles. The fourth-order valence-electron chi connectivity index (χ4n) is 4.53. The normalized spacial score (nSPS) is 15.1. The van der Waals surface area contributed by atoms with Crippen LogP contribution in [0.5, 0.6) is 0 Å². The standard InChI is InChI=1S/C28H29ClN4O4S/c1-16-15-20-24(38-25(31-20)19-9-10-30-27(32-19)33-11-13-36-14-12-33)22(17-5-7-18(29)8-6-17)21(16)23(26(34)35)37-28(2,3)4/h5-10,15,23H,11-14H2,1-4H3,(H,34,35). The molecule has 198 valence electrons. The number of anilines is 1. The first-order valence-electron chi connectivity index (χ1n) is 12.4. The second kappa shape index (κ2) is 10.6. The minimum atomic E-state index is -1.16. The number of carbonyl (C=O) groups is 1. The van der Waals surface area contributed by atoms with Crippen LogP contribution in [0.2, 0.25) is 5.02 Å². The van der Waals surface area contributed by atoms with Crippen molar-refractivity contribution in [1.29, 1.82) is 0 Å². The Bertz CT molecular complexity index is 1480. The highest BCUT2D eigenvalue weighted by Gasteiger charge is 2.32. The highest BCUT2D eigenvalue weighted by atomic mass is 35.5. The molecule has 1 atom stereocenters. The van der Waals surface area contributed by atoms with Gasteiger partial charge in [-0.15, -0.1) is 11.3 Å². The molecule has 0 radical (unpaired) electrons. The van der Waals surface area contributed by atoms with Crippen LogP contribution in [0, 0.1) is 6.92 Å². The lowest BCUT2D eigenvalue weighted by atomic mass is 9.91. The third-order valence-corrected chi connectivity index (χ3v) is 7.54. The van der Waals surface area contributed by atoms with Gasteiger partial charge in [-0.25, -0.2) is 19.7 Å². The number of hydrogen-bond donors (Lipinski definition) is 1. The molecular formula is C28H29ClN4O4S. The van der Waals surface area contributed by atoms with Gasteiger partial charge in [0.25, 0.3) is 0 Å². The number of rotatable bonds is 6. The minimum Gasteiger partial charge on any atom is -0.479 e. The van der Waals surface area contributed by atoms with Crippen LogP contribution in [0.1, 0.15) is 38.0 Å². The minimum absolute atomic E-state index is 0.599. The van der Waals surface area contributed by atoms with Gasteiger partial charge in [-0.1, -0.05) is 23.7 Å². The lowest BCUT2D eigenvalue weighted by Crippen LogP contribution is -2.37. The number of fused-ring (bicyclic) bond motifs is 1. The van der Waals surface area contributed by atoms with Crippen LogP contribution in [0.3, 0.4) is 0 Å². The molecule has 1 aliphatic rings. The summed E-state index contributed by atoms with van der Waals surface area (Å²) < 4.78 is 12.4. The molecule has 10 heteroatoms. The van der Waals surface area contributed by atoms with Crippen LogP contribution < -0.4 is 4.90 Å². The Balaban J connectivity index is 1.70. The van der Waals surface area contributed by atoms with Gasteiger partial charge in [0, 0.05) is 35.4 Å². The number of thiazole rings is 1. The summed E-state index contributed by atoms with van der Waals surface area (Å²) in [4.78, 5) is 28.8. The summed E-state index contributed by atoms with van der Waals surface area (Å²) in [7, 11) is 0. The monoisotopic (exact) mass is 552 g/mol. The van der Waals surface area contributed by atoms with Crippen LogP contribution >= 0.6 is 22.9 Å². The number of carboxylic acid groups (broad SMARTS) is 1. The van der Waals surface area contributed by atoms with Crippen LogP contribution in [-0.4, -0.2) is 57.9 Å². The van der Waals surface area contributed by atoms with Gasteiger partial charge >= 0.3 is 5.97 Å². The van der Waals surface area contributed by atoms with Crippen molar-refractivity contribution in [2.24, 2.45) is 0 Å². The van der Waals surface area contributed by atoms with Crippen molar-refractivity contribution >= 4 is 45.1 Å². The summed E-state index contributed by atoms with van der Waals surface area (Å²) in [5, 5.41) is 11.6. The molecule has 4 aromatic rings. The largest absolute Gasteiger partial charge is 0.479 e. The predicted octanol–water partition coefficient (Wildman–Crippen LogP) is 6.16. The van der Waals surface area contributed by atoms with E-state index in [-0.39, 0.29) is 0 Å². The number of aryl methyl sites for hydroxylation is 1. The Labute approximate surface area is 230 Å². The molecule has 0 bridgehead atoms. The highest BCUT2D eigenvalue weighted by molar-refractivity contribution is 7.22. The maximum Gasteiger partial charge on any atom is 0.337 e. The van der Waals surface area contributed by atoms with Gasteiger partial charge in [0.05, 0.1) is 29.0 Å². The molecule has 1 N–H and O–H groups in total. The number of morpholine rings is 1. The first-order chi connectivity index (χ1) is 18.1. The number of carboxylic acids is 1. The van der Waals surface area contributed by atoms with E-state index < -0.39 is 17.7 Å². The summed E-state index contributed by atoms with van der Waals surface area (Å²) in [6.45, 7) is 10.2. The lowest BCUT2D eigenvalue weighted by Gasteiger charge is -2.28. The SMILES string of the molecule is Cc1cc2nc(-c3ccnc(N4CCOCC4)n3)sc2c(-c2ccc(Cl)cc2)c1C(OC(C)(C)C)C(=O)O. The number of hydrogen-bond acceptors (Lipinski definition) is 8. The fourth-order valence-corrected chi connectivity index (χ4v) is 5.75. The van der Waals surface area contributed by atoms with Crippen LogP contribution in [-0.2, 0) is 14.3 Å². The van der Waals surface area contributed by atoms with Crippen molar-refractivity contribution in [2.75, 3.05) is 31.2 Å². The van der Waals surface area contributed by atoms with Gasteiger partial charge in [-0.3, -0.25) is 0 Å². The molecule has 1 saturated heterocycles. The number of aromatic nitrogens is 3. The Hall–Kier alpha value is -3.11. The highest BCUT2D eigenvalue weighted by Crippen LogP contribution is 2.44. The third-order valence-electron chi connectivity index (χ3n) is 6.17. The molecule has 2 aromatic heterocycles. The van der Waals surface area contributed by atoms with Gasteiger partial charge in [-0.05, 0) is 63.1 Å². The third kappa shape index (κ3) is 5.51. The van der Waals surface area contributed by atoms with Crippen LogP contribution in [0.15, 0.2) is 42.6 Å². The van der Waals surface area contributed by atoms with Gasteiger partial charge in [0.2, 0.25) is 5.95 Å². The maximum absolute atomic E-state index is 12.5. The number of nitrogens with zero attached hydrogens (tertiary/aromatic N) is 4. The molecule has 1 aliphatic heterocycles. The van der Waals surface area contributed by atoms with Gasteiger partial charge in [-0.2, -0.15) is 0 Å². The zero-order valence-electron chi connectivity index (χ0n) is 21.7. The Kier molecular flexibility index (Phi) is 7.37. The Morgan fingerprint density at radius 1 is 1.16 bits per heavy atom. The van der Waals surface area contributed by atoms with Crippen molar-refractivity contribution in [3.05, 3.63) is 58.7 Å². The molecule has 0 amide bonds. The van der Waals surface area contributed by atoms with E-state index in [0.717, 1.165) is 45.0 Å². The molecule has 2 aromatic carbocycles. The molecular weight excluding hydrogens is 524 g/mol. The maximum atomic E-state index is 12.5. The van der Waals surface area contributed by atoms with Crippen molar-refractivity contribution in [2.45, 2.75) is 39.4 Å². The summed E-state index contributed by atoms with van der Waals surface area (Å²) in [6, 6.07) is 11.2. The first kappa shape index (κ1) is 26.5. The molecule has 8 nitrogen and oxygen atoms in total. The second-order valence-corrected chi connectivity index (χ2v) is 11.6. The van der Waals surface area contributed by atoms with Crippen molar-refractivity contribution in [3.8, 4) is 21.8 Å². The zero-order valence-corrected chi connectivity index (χ0v) is 23.3. The van der Waals surface area contributed by atoms with E-state index in [0.29, 0.717) is 35.4 Å². The van der Waals surface area contributed by atoms with E-state index in [2.05, 4.69) is 9.88 Å². The van der Waals surface area contributed by atoms with E-state index in [1.165, 1.54) is 11.3 Å². The van der Waals surface area contributed by atoms with Crippen molar-refractivity contribution in [3.63, 3.8) is 0 Å². The van der Waals surface area contributed by atoms with Gasteiger partial charge in [0.15, 0.2) is 6.10 Å². The Morgan fingerprint density at radius 3 is 2.53 bits per heavy atom. The first-order valence-corrected chi connectivity index (χ1v) is 13.6. The Morgan fingerprint density at radius 2 is 1.87 bits per heavy atom. The quantitative estimate of drug-likeness (QED) is 0.304. The van der Waals surface area contributed by atoms with E-state index in [4.69, 9.17) is 31.0 Å². The molecule has 1 unspecified atom stereocenters. The number of halogens is 1. The molecule has 0 aliphatic carbocycles. The second-order valence-electron chi connectivity index (χ2n) is 10.1. The van der Waals surface area contributed by atoms with Crippen molar-refractivity contribution in [1.82, 2.24) is 15.0 Å². The van der Waals surface area contributed by atoms with Gasteiger partial charge < -0.3 is 19.5 Å². The van der Waals surface area contributed by atoms with E-state index in [9.17, 15) is 9.90 Å². The smallest absolute Gasteiger partial charge is 0.337 e. The summed E-state index contributed by atoms with van der Waals surface area (Å²) in [6.07, 6.45) is 0.579. The molecule has 0 saturated carbocycles. The predicted molar refractivity (Wildman–Crippen MR) is 150 cm³/mol. The van der Waals surface area contributed by atoms with Crippen LogP contribution in [0.25, 0.3) is 32.0 Å². The lowest BCUT2D eigenvalue weighted by molar-refractivity contribution is -0.160. The number of benzene rings is 2. The molecule has 0 spiro atoms. The van der Waals surface area contributed by atoms with Gasteiger partial charge in [0.1, 0.15) is 10.7 Å². The fraction of sp³-hybridized carbons (Fsp3) is 0.357. The van der Waals surface area contributed by atoms with Crippen molar-refractivity contribution < 1.29 is 19.4 Å². The van der Waals surface area contributed by atoms with E-state index in [1.54, 1.807) is 18.3 Å². The number of aliphatic carboxylic acids is 1. The molecule has 1 fully saturated rings.